The first-order chi connectivity index (χ1) is 11.9. The zero-order valence-corrected chi connectivity index (χ0v) is 18.9. The van der Waals surface area contributed by atoms with Crippen LogP contribution in [0.2, 0.25) is 0 Å². The van der Waals surface area contributed by atoms with Crippen LogP contribution in [-0.2, 0) is 14.1 Å². The quantitative estimate of drug-likeness (QED) is 0.450. The van der Waals surface area contributed by atoms with Gasteiger partial charge in [0.25, 0.3) is 0 Å². The van der Waals surface area contributed by atoms with Crippen LogP contribution in [-0.4, -0.2) is 9.13 Å². The monoisotopic (exact) mass is 352 g/mol. The van der Waals surface area contributed by atoms with Crippen molar-refractivity contribution in [1.82, 2.24) is 9.13 Å². The lowest BCUT2D eigenvalue weighted by Crippen LogP contribution is -1.97. The molecule has 26 heavy (non-hydrogen) atoms. The first-order valence-corrected chi connectivity index (χ1v) is 9.54. The molecule has 0 amide bonds. The predicted octanol–water partition coefficient (Wildman–Crippen LogP) is 6.29. The van der Waals surface area contributed by atoms with E-state index in [2.05, 4.69) is 92.5 Å². The molecule has 0 atom stereocenters. The average Bonchev–Trinajstić information content (AvgIpc) is 2.94. The molecular weight excluding hydrogens is 316 g/mol. The van der Waals surface area contributed by atoms with Crippen molar-refractivity contribution in [3.63, 3.8) is 0 Å². The highest BCUT2D eigenvalue weighted by molar-refractivity contribution is 5.92. The van der Waals surface area contributed by atoms with Crippen molar-refractivity contribution in [2.45, 2.75) is 69.2 Å². The fourth-order valence-corrected chi connectivity index (χ4v) is 4.07. The zero-order valence-electron chi connectivity index (χ0n) is 18.9. The molecule has 0 radical (unpaired) electrons. The fourth-order valence-electron chi connectivity index (χ4n) is 4.07. The van der Waals surface area contributed by atoms with Crippen LogP contribution in [0.25, 0.3) is 10.9 Å². The highest BCUT2D eigenvalue weighted by Crippen LogP contribution is 2.34. The number of hydrogen-bond acceptors (Lipinski definition) is 0. The van der Waals surface area contributed by atoms with Crippen LogP contribution in [0.1, 0.15) is 56.0 Å². The van der Waals surface area contributed by atoms with Crippen molar-refractivity contribution >= 4 is 10.9 Å². The number of nitrogens with zero attached hydrogens (tertiary/aromatic N) is 2. The summed E-state index contributed by atoms with van der Waals surface area (Å²) in [4.78, 5) is 0. The molecule has 3 aromatic rings. The molecular formula is C24H36N2. The van der Waals surface area contributed by atoms with Crippen molar-refractivity contribution in [3.8, 4) is 0 Å². The van der Waals surface area contributed by atoms with Gasteiger partial charge in [0.05, 0.1) is 5.52 Å². The van der Waals surface area contributed by atoms with Crippen molar-refractivity contribution in [2.75, 3.05) is 0 Å². The Labute approximate surface area is 159 Å². The van der Waals surface area contributed by atoms with E-state index < -0.39 is 0 Å². The molecule has 0 fully saturated rings. The summed E-state index contributed by atoms with van der Waals surface area (Å²) in [6, 6.07) is 0. The fraction of sp³-hybridized carbons (Fsp3) is 0.500. The van der Waals surface area contributed by atoms with Crippen LogP contribution in [0.15, 0.2) is 0 Å². The van der Waals surface area contributed by atoms with Gasteiger partial charge in [-0.25, -0.2) is 0 Å². The largest absolute Gasteiger partial charge is 0.352 e. The van der Waals surface area contributed by atoms with Gasteiger partial charge in [0.15, 0.2) is 0 Å². The van der Waals surface area contributed by atoms with Gasteiger partial charge < -0.3 is 9.13 Å². The topological polar surface area (TPSA) is 9.86 Å². The lowest BCUT2D eigenvalue weighted by molar-refractivity contribution is 0.838. The summed E-state index contributed by atoms with van der Waals surface area (Å²) in [6.07, 6.45) is 0. The zero-order chi connectivity index (χ0) is 20.1. The van der Waals surface area contributed by atoms with Gasteiger partial charge in [-0.15, -0.1) is 0 Å². The van der Waals surface area contributed by atoms with Gasteiger partial charge in [-0.05, 0) is 108 Å². The Balaban J connectivity index is 0.000000209. The summed E-state index contributed by atoms with van der Waals surface area (Å²) >= 11 is 0. The van der Waals surface area contributed by atoms with Gasteiger partial charge in [-0.1, -0.05) is 0 Å². The van der Waals surface area contributed by atoms with Gasteiger partial charge in [-0.3, -0.25) is 0 Å². The smallest absolute Gasteiger partial charge is 0.0517 e. The van der Waals surface area contributed by atoms with Crippen molar-refractivity contribution < 1.29 is 0 Å². The number of benzene rings is 1. The Bertz CT molecular complexity index is 863. The van der Waals surface area contributed by atoms with E-state index in [1.54, 1.807) is 0 Å². The van der Waals surface area contributed by atoms with Crippen LogP contribution in [0.5, 0.6) is 0 Å². The number of aromatic nitrogens is 2. The highest BCUT2D eigenvalue weighted by atomic mass is 15.0. The second-order valence-electron chi connectivity index (χ2n) is 7.97. The predicted molar refractivity (Wildman–Crippen MR) is 116 cm³/mol. The molecule has 0 spiro atoms. The number of fused-ring (bicyclic) bond motifs is 1. The summed E-state index contributed by atoms with van der Waals surface area (Å²) in [6.45, 7) is 22.1. The molecule has 1 aromatic carbocycles. The van der Waals surface area contributed by atoms with E-state index >= 15 is 0 Å². The third-order valence-corrected chi connectivity index (χ3v) is 7.06. The first-order valence-electron chi connectivity index (χ1n) is 9.54. The molecule has 2 heterocycles. The van der Waals surface area contributed by atoms with Gasteiger partial charge in [0, 0.05) is 36.6 Å². The maximum Gasteiger partial charge on any atom is 0.0517 e. The van der Waals surface area contributed by atoms with Crippen molar-refractivity contribution in [2.24, 2.45) is 14.1 Å². The minimum atomic E-state index is 1.38. The third-order valence-electron chi connectivity index (χ3n) is 7.06. The van der Waals surface area contributed by atoms with Gasteiger partial charge in [-0.2, -0.15) is 0 Å². The molecule has 0 unspecified atom stereocenters. The molecule has 0 aliphatic rings. The number of hydrogen-bond donors (Lipinski definition) is 0. The summed E-state index contributed by atoms with van der Waals surface area (Å²) in [5.41, 5.74) is 15.6. The van der Waals surface area contributed by atoms with E-state index in [-0.39, 0.29) is 0 Å². The van der Waals surface area contributed by atoms with Gasteiger partial charge >= 0.3 is 0 Å². The maximum absolute atomic E-state index is 2.33. The Morgan fingerprint density at radius 3 is 1.15 bits per heavy atom. The molecule has 0 saturated heterocycles. The molecule has 3 rings (SSSR count). The molecule has 2 nitrogen and oxygen atoms in total. The SMILES string of the molecule is Cc1c(C)c(C)c2c(c1C)c(C)c(C)n2C.Cc1c(C)c(C)n(C)c1C. The maximum atomic E-state index is 2.33. The van der Waals surface area contributed by atoms with Crippen LogP contribution in [0.3, 0.4) is 0 Å². The highest BCUT2D eigenvalue weighted by Gasteiger charge is 2.16. The van der Waals surface area contributed by atoms with Crippen LogP contribution in [0, 0.1) is 69.2 Å². The lowest BCUT2D eigenvalue weighted by Gasteiger charge is -2.12. The van der Waals surface area contributed by atoms with E-state index in [4.69, 9.17) is 0 Å². The Hall–Kier alpha value is -1.96. The molecule has 2 heteroatoms. The number of aryl methyl sites for hydroxylation is 4. The minimum absolute atomic E-state index is 1.38. The second kappa shape index (κ2) is 6.98. The standard InChI is InChI=1S/C15H21N.C9H15N/c1-8-9(2)11(4)15-14(10(8)3)12(5)13(6)16(15)7;1-6-7(2)9(4)10(5)8(6)3/h1-7H3;1-5H3. The lowest BCUT2D eigenvalue weighted by atomic mass is 9.94. The normalized spacial score (nSPS) is 11.1. The summed E-state index contributed by atoms with van der Waals surface area (Å²) in [5.74, 6) is 0. The van der Waals surface area contributed by atoms with Crippen LogP contribution < -0.4 is 0 Å². The Morgan fingerprint density at radius 1 is 0.385 bits per heavy atom. The Morgan fingerprint density at radius 2 is 0.769 bits per heavy atom. The third kappa shape index (κ3) is 2.90. The Kier molecular flexibility index (Phi) is 5.46. The summed E-state index contributed by atoms with van der Waals surface area (Å²) in [7, 11) is 4.29. The van der Waals surface area contributed by atoms with Crippen molar-refractivity contribution in [1.29, 1.82) is 0 Å². The molecule has 0 bridgehead atoms. The average molecular weight is 353 g/mol. The minimum Gasteiger partial charge on any atom is -0.352 e. The molecule has 0 aliphatic carbocycles. The van der Waals surface area contributed by atoms with Crippen molar-refractivity contribution in [3.05, 3.63) is 56.0 Å². The molecule has 0 N–H and O–H groups in total. The molecule has 142 valence electrons. The molecule has 2 aromatic heterocycles. The van der Waals surface area contributed by atoms with E-state index in [1.807, 2.05) is 0 Å². The van der Waals surface area contributed by atoms with Gasteiger partial charge in [0.2, 0.25) is 0 Å². The van der Waals surface area contributed by atoms with E-state index in [0.29, 0.717) is 0 Å². The summed E-state index contributed by atoms with van der Waals surface area (Å²) in [5, 5.41) is 1.46. The second-order valence-corrected chi connectivity index (χ2v) is 7.97. The molecule has 0 saturated carbocycles. The van der Waals surface area contributed by atoms with Crippen LogP contribution in [0.4, 0.5) is 0 Å². The van der Waals surface area contributed by atoms with E-state index in [9.17, 15) is 0 Å². The molecule has 0 aliphatic heterocycles. The summed E-state index contributed by atoms with van der Waals surface area (Å²) < 4.78 is 4.57. The van der Waals surface area contributed by atoms with Gasteiger partial charge in [0.1, 0.15) is 0 Å². The van der Waals surface area contributed by atoms with E-state index in [0.717, 1.165) is 0 Å². The van der Waals surface area contributed by atoms with E-state index in [1.165, 1.54) is 66.9 Å². The van der Waals surface area contributed by atoms with Crippen LogP contribution >= 0.6 is 0 Å². The first kappa shape index (κ1) is 20.4. The number of rotatable bonds is 0.